The summed E-state index contributed by atoms with van der Waals surface area (Å²) in [6, 6.07) is 4.22. The van der Waals surface area contributed by atoms with Gasteiger partial charge < -0.3 is 56.0 Å². The lowest BCUT2D eigenvalue weighted by molar-refractivity contribution is -0.165. The molecule has 2 saturated heterocycles. The fraction of sp³-hybridized carbons (Fsp3) is 0.562. The van der Waals surface area contributed by atoms with Crippen molar-refractivity contribution in [1.82, 2.24) is 36.0 Å². The molecule has 9 atom stereocenters. The Balaban J connectivity index is 1.91. The van der Waals surface area contributed by atoms with Crippen molar-refractivity contribution in [3.63, 3.8) is 0 Å². The molecule has 2 fully saturated rings. The van der Waals surface area contributed by atoms with Gasteiger partial charge in [0.15, 0.2) is 0 Å². The zero-order valence-corrected chi connectivity index (χ0v) is 40.0. The lowest BCUT2D eigenvalue weighted by Gasteiger charge is -2.43. The number of aliphatic carboxylic acids is 1. The maximum atomic E-state index is 15.0. The molecule has 0 aromatic heterocycles. The molecular weight excluding hydrogens is 883 g/mol. The molecule has 7 N–H and O–H groups in total. The van der Waals surface area contributed by atoms with Gasteiger partial charge in [-0.3, -0.25) is 38.4 Å². The van der Waals surface area contributed by atoms with Crippen LogP contribution in [-0.4, -0.2) is 152 Å². The Morgan fingerprint density at radius 1 is 0.794 bits per heavy atom. The van der Waals surface area contributed by atoms with Crippen molar-refractivity contribution in [2.75, 3.05) is 14.1 Å². The van der Waals surface area contributed by atoms with Gasteiger partial charge in [-0.15, -0.1) is 0 Å². The summed E-state index contributed by atoms with van der Waals surface area (Å²) in [5.74, 6) is -9.38. The predicted octanol–water partition coefficient (Wildman–Crippen LogP) is 1.00. The van der Waals surface area contributed by atoms with Gasteiger partial charge in [0.1, 0.15) is 60.4 Å². The van der Waals surface area contributed by atoms with Crippen molar-refractivity contribution in [2.24, 2.45) is 11.8 Å². The minimum Gasteiger partial charge on any atom is -0.508 e. The quantitative estimate of drug-likeness (QED) is 0.130. The van der Waals surface area contributed by atoms with E-state index in [9.17, 15) is 53.7 Å². The van der Waals surface area contributed by atoms with Crippen molar-refractivity contribution in [2.45, 2.75) is 148 Å². The number of aromatic hydroxyl groups is 1. The van der Waals surface area contributed by atoms with E-state index in [4.69, 9.17) is 4.74 Å². The first-order valence-corrected chi connectivity index (χ1v) is 23.0. The molecule has 2 aromatic rings. The summed E-state index contributed by atoms with van der Waals surface area (Å²) in [6.45, 7) is 9.77. The van der Waals surface area contributed by atoms with Crippen molar-refractivity contribution in [1.29, 1.82) is 0 Å². The van der Waals surface area contributed by atoms with Crippen LogP contribution in [0, 0.1) is 11.8 Å². The van der Waals surface area contributed by atoms with Crippen molar-refractivity contribution in [3.05, 3.63) is 65.7 Å². The summed E-state index contributed by atoms with van der Waals surface area (Å²) in [7, 11) is 2.63. The number of cyclic esters (lactones) is 1. The van der Waals surface area contributed by atoms with Gasteiger partial charge in [0.2, 0.25) is 41.4 Å². The smallest absolute Gasteiger partial charge is 0.329 e. The second-order valence-corrected chi connectivity index (χ2v) is 18.3. The van der Waals surface area contributed by atoms with E-state index in [-0.39, 0.29) is 50.2 Å². The summed E-state index contributed by atoms with van der Waals surface area (Å²) in [4.78, 5) is 129. The maximum absolute atomic E-state index is 15.0. The molecule has 20 nitrogen and oxygen atoms in total. The number of phenols is 1. The van der Waals surface area contributed by atoms with Gasteiger partial charge in [-0.2, -0.15) is 0 Å². The largest absolute Gasteiger partial charge is 0.508 e. The number of fused-ring (bicyclic) bond motifs is 2. The van der Waals surface area contributed by atoms with Crippen LogP contribution in [0.4, 0.5) is 0 Å². The first-order chi connectivity index (χ1) is 32.0. The molecule has 0 saturated carbocycles. The Bertz CT molecular complexity index is 2140. The summed E-state index contributed by atoms with van der Waals surface area (Å²) in [6.07, 6.45) is -3.98. The van der Waals surface area contributed by atoms with E-state index in [1.807, 2.05) is 0 Å². The second-order valence-electron chi connectivity index (χ2n) is 18.3. The molecule has 2 aliphatic heterocycles. The van der Waals surface area contributed by atoms with Gasteiger partial charge >= 0.3 is 11.9 Å². The molecule has 0 aliphatic carbocycles. The Kier molecular flexibility index (Phi) is 19.4. The number of hydrogen-bond acceptors (Lipinski definition) is 12. The third kappa shape index (κ3) is 14.2. The molecule has 9 unspecified atom stereocenters. The van der Waals surface area contributed by atoms with Crippen LogP contribution in [0.25, 0.3) is 0 Å². The van der Waals surface area contributed by atoms with Crippen LogP contribution < -0.4 is 21.3 Å². The Morgan fingerprint density at radius 2 is 1.38 bits per heavy atom. The number of nitrogens with zero attached hydrogens (tertiary/aromatic N) is 3. The fourth-order valence-electron chi connectivity index (χ4n) is 8.30. The zero-order chi connectivity index (χ0) is 50.6. The monoisotopic (exact) mass is 949 g/mol. The summed E-state index contributed by atoms with van der Waals surface area (Å²) in [5, 5.41) is 41.5. The van der Waals surface area contributed by atoms with Gasteiger partial charge in [0, 0.05) is 33.4 Å². The molecule has 372 valence electrons. The number of amides is 7. The van der Waals surface area contributed by atoms with Gasteiger partial charge in [0.05, 0.1) is 6.42 Å². The molecule has 2 aromatic carbocycles. The van der Waals surface area contributed by atoms with Gasteiger partial charge in [0.25, 0.3) is 0 Å². The third-order valence-corrected chi connectivity index (χ3v) is 12.2. The Hall–Kier alpha value is -6.57. The number of ether oxygens (including phenoxy) is 1. The molecule has 0 spiro atoms. The average Bonchev–Trinajstić information content (AvgIpc) is 3.27. The number of esters is 1. The number of carbonyl (C=O) groups is 9. The van der Waals surface area contributed by atoms with E-state index < -0.39 is 120 Å². The van der Waals surface area contributed by atoms with E-state index in [2.05, 4.69) is 21.3 Å². The fourth-order valence-corrected chi connectivity index (χ4v) is 8.30. The highest BCUT2D eigenvalue weighted by Gasteiger charge is 2.46. The zero-order valence-electron chi connectivity index (χ0n) is 40.0. The number of carbonyl (C=O) groups excluding carboxylic acids is 8. The van der Waals surface area contributed by atoms with Crippen LogP contribution in [0.3, 0.4) is 0 Å². The van der Waals surface area contributed by atoms with Crippen LogP contribution in [0.5, 0.6) is 5.75 Å². The van der Waals surface area contributed by atoms with Crippen LogP contribution >= 0.6 is 0 Å². The number of nitrogens with one attached hydrogen (secondary N) is 4. The molecule has 7 amide bonds. The highest BCUT2D eigenvalue weighted by molar-refractivity contribution is 5.99. The Morgan fingerprint density at radius 3 is 1.97 bits per heavy atom. The maximum Gasteiger partial charge on any atom is 0.329 e. The topological polar surface area (TPSA) is 281 Å². The van der Waals surface area contributed by atoms with Crippen LogP contribution in [0.2, 0.25) is 0 Å². The summed E-state index contributed by atoms with van der Waals surface area (Å²) in [5.41, 5.74) is 1.11. The van der Waals surface area contributed by atoms with Gasteiger partial charge in [-0.1, -0.05) is 77.1 Å². The minimum absolute atomic E-state index is 0.0225. The predicted molar refractivity (Wildman–Crippen MR) is 246 cm³/mol. The minimum atomic E-state index is -1.81. The number of hydrogen-bond donors (Lipinski definition) is 7. The third-order valence-electron chi connectivity index (χ3n) is 12.2. The molecule has 0 radical (unpaired) electrons. The summed E-state index contributed by atoms with van der Waals surface area (Å²) >= 11 is 0. The van der Waals surface area contributed by atoms with Gasteiger partial charge in [-0.05, 0) is 67.7 Å². The normalized spacial score (nSPS) is 25.1. The van der Waals surface area contributed by atoms with Crippen LogP contribution in [-0.2, 0) is 60.7 Å². The van der Waals surface area contributed by atoms with Crippen molar-refractivity contribution < 1.29 is 63.2 Å². The molecule has 2 bridgehead atoms. The molecule has 2 heterocycles. The number of carboxylic acid groups (broad SMARTS) is 1. The van der Waals surface area contributed by atoms with Crippen molar-refractivity contribution >= 4 is 53.3 Å². The first-order valence-electron chi connectivity index (χ1n) is 23.0. The van der Waals surface area contributed by atoms with Gasteiger partial charge in [-0.25, -0.2) is 4.79 Å². The average molecular weight is 950 g/mol. The number of benzene rings is 2. The van der Waals surface area contributed by atoms with Crippen LogP contribution in [0.1, 0.15) is 91.2 Å². The molecule has 4 rings (SSSR count). The number of aliphatic hydroxyl groups is 1. The number of aliphatic hydroxyl groups excluding tert-OH is 1. The molecular formula is C48H67N7O13. The summed E-state index contributed by atoms with van der Waals surface area (Å²) < 4.78 is 5.87. The molecule has 2 aliphatic rings. The van der Waals surface area contributed by atoms with E-state index in [1.165, 1.54) is 33.2 Å². The highest BCUT2D eigenvalue weighted by atomic mass is 16.5. The standard InChI is InChI=1S/C48H67N7O13/c1-9-13-37(57)49-33(25-39(59)60)42(61)52-41-28(6)68-48(67)40(27(4)5)51-44(63)35(23-30-16-18-31(56)19-17-30)53(7)46(65)36(24-29-14-11-10-12-15-29)55-38(58)21-20-32(45(55)64)50-43(62)34(22-26(2)3)54(8)47(41)66/h10-12,14-19,26-28,32-36,38,40-41,56,58H,9,13,20-25H2,1-8H3,(H,49,57)(H,50,62)(H,51,63)(H,52,61)(H,59,60). The van der Waals surface area contributed by atoms with Crippen molar-refractivity contribution in [3.8, 4) is 5.75 Å². The van der Waals surface area contributed by atoms with E-state index in [0.717, 1.165) is 14.7 Å². The number of rotatable bonds is 14. The number of piperidine rings is 1. The van der Waals surface area contributed by atoms with E-state index in [0.29, 0.717) is 17.5 Å². The highest BCUT2D eigenvalue weighted by Crippen LogP contribution is 2.26. The van der Waals surface area contributed by atoms with Crippen LogP contribution in [0.15, 0.2) is 54.6 Å². The lowest BCUT2D eigenvalue weighted by Crippen LogP contribution is -2.65. The Labute approximate surface area is 396 Å². The molecule has 20 heteroatoms. The first kappa shape index (κ1) is 54.0. The number of carboxylic acids is 1. The van der Waals surface area contributed by atoms with E-state index in [1.54, 1.807) is 77.1 Å². The SMILES string of the molecule is CCCC(=O)NC(CC(=O)O)C(=O)NC1C(=O)N(C)C(CC(C)C)C(=O)NC2CCC(O)N(C2=O)C(Cc2ccccc2)C(=O)N(C)C(Cc2ccc(O)cc2)C(=O)NC(C(C)C)C(=O)OC1C. The van der Waals surface area contributed by atoms with E-state index >= 15 is 4.79 Å². The lowest BCUT2D eigenvalue weighted by atomic mass is 9.94. The molecule has 68 heavy (non-hydrogen) atoms. The number of phenolic OH excluding ortho intramolecular Hbond substituents is 1. The number of likely N-dealkylation sites (N-methyl/N-ethyl adjacent to an activating group) is 2. The second kappa shape index (κ2) is 24.5.